The minimum Gasteiger partial charge on any atom is -0.380 e. The Morgan fingerprint density at radius 1 is 1.09 bits per heavy atom. The fraction of sp³-hybridized carbons (Fsp3) is 0.391. The number of nitrogens with zero attached hydrogens (tertiary/aromatic N) is 3. The quantitative estimate of drug-likeness (QED) is 0.623. The molecular formula is C23H22F3N3O3S. The molecule has 0 unspecified atom stereocenters. The Labute approximate surface area is 192 Å². The summed E-state index contributed by atoms with van der Waals surface area (Å²) in [7, 11) is 0. The second-order valence-corrected chi connectivity index (χ2v) is 9.57. The summed E-state index contributed by atoms with van der Waals surface area (Å²) in [6.07, 6.45) is -4.37. The summed E-state index contributed by atoms with van der Waals surface area (Å²) in [6.45, 7) is 3.50. The molecule has 1 N–H and O–H groups in total. The van der Waals surface area contributed by atoms with E-state index in [0.717, 1.165) is 22.7 Å². The molecule has 174 valence electrons. The molecule has 1 aromatic heterocycles. The number of thiazole rings is 1. The highest BCUT2D eigenvalue weighted by atomic mass is 32.1. The first-order chi connectivity index (χ1) is 15.7. The molecule has 0 radical (unpaired) electrons. The number of amides is 1. The van der Waals surface area contributed by atoms with E-state index in [-0.39, 0.29) is 19.1 Å². The Hall–Kier alpha value is -2.53. The lowest BCUT2D eigenvalue weighted by atomic mass is 9.91. The normalized spacial score (nSPS) is 19.0. The molecule has 2 saturated heterocycles. The summed E-state index contributed by atoms with van der Waals surface area (Å²) >= 11 is 1.27. The standard InChI is InChI=1S/C23H22F3N3O3S/c24-23(25,26)17-5-6-18-19(11-17)33-20(27-18)12-28-7-9-29(10-8-28)21(30)15-1-3-16(4-2-15)22(31)13-32-14-22/h1-6,11,31H,7-10,12-14H2. The van der Waals surface area contributed by atoms with Gasteiger partial charge in [0, 0.05) is 31.7 Å². The molecule has 3 heterocycles. The third kappa shape index (κ3) is 4.48. The zero-order chi connectivity index (χ0) is 23.2. The molecule has 5 rings (SSSR count). The molecular weight excluding hydrogens is 455 g/mol. The number of alkyl halides is 3. The number of aliphatic hydroxyl groups is 1. The van der Waals surface area contributed by atoms with E-state index in [1.54, 1.807) is 29.2 Å². The lowest BCUT2D eigenvalue weighted by molar-refractivity contribution is -0.184. The Morgan fingerprint density at radius 2 is 1.79 bits per heavy atom. The van der Waals surface area contributed by atoms with Crippen molar-refractivity contribution in [3.8, 4) is 0 Å². The topological polar surface area (TPSA) is 65.9 Å². The van der Waals surface area contributed by atoms with E-state index in [4.69, 9.17) is 4.74 Å². The van der Waals surface area contributed by atoms with Crippen LogP contribution in [0.4, 0.5) is 13.2 Å². The summed E-state index contributed by atoms with van der Waals surface area (Å²) in [4.78, 5) is 21.3. The number of hydrogen-bond donors (Lipinski definition) is 1. The van der Waals surface area contributed by atoms with Gasteiger partial charge >= 0.3 is 6.18 Å². The van der Waals surface area contributed by atoms with Crippen LogP contribution in [-0.4, -0.2) is 65.2 Å². The van der Waals surface area contributed by atoms with Crippen LogP contribution in [0.2, 0.25) is 0 Å². The summed E-state index contributed by atoms with van der Waals surface area (Å²) < 4.78 is 44.4. The summed E-state index contributed by atoms with van der Waals surface area (Å²) in [5.74, 6) is -0.0577. The molecule has 0 bridgehead atoms. The maximum atomic E-state index is 12.9. The Morgan fingerprint density at radius 3 is 2.39 bits per heavy atom. The van der Waals surface area contributed by atoms with Crippen molar-refractivity contribution in [1.29, 1.82) is 0 Å². The number of piperazine rings is 1. The van der Waals surface area contributed by atoms with Crippen molar-refractivity contribution in [2.75, 3.05) is 39.4 Å². The van der Waals surface area contributed by atoms with Crippen LogP contribution in [0.3, 0.4) is 0 Å². The van der Waals surface area contributed by atoms with Crippen molar-refractivity contribution in [3.05, 3.63) is 64.2 Å². The zero-order valence-corrected chi connectivity index (χ0v) is 18.5. The highest BCUT2D eigenvalue weighted by Gasteiger charge is 2.38. The van der Waals surface area contributed by atoms with E-state index < -0.39 is 17.3 Å². The predicted molar refractivity (Wildman–Crippen MR) is 117 cm³/mol. The smallest absolute Gasteiger partial charge is 0.380 e. The van der Waals surface area contributed by atoms with Gasteiger partial charge in [-0.1, -0.05) is 12.1 Å². The van der Waals surface area contributed by atoms with Gasteiger partial charge in [0.2, 0.25) is 0 Å². The number of carbonyl (C=O) groups excluding carboxylic acids is 1. The van der Waals surface area contributed by atoms with Crippen LogP contribution in [0.25, 0.3) is 10.2 Å². The zero-order valence-electron chi connectivity index (χ0n) is 17.6. The molecule has 2 aromatic carbocycles. The van der Waals surface area contributed by atoms with Crippen molar-refractivity contribution in [2.24, 2.45) is 0 Å². The number of halogens is 3. The molecule has 2 fully saturated rings. The van der Waals surface area contributed by atoms with Gasteiger partial charge in [0.1, 0.15) is 10.6 Å². The van der Waals surface area contributed by atoms with Crippen molar-refractivity contribution >= 4 is 27.5 Å². The van der Waals surface area contributed by atoms with E-state index in [1.807, 2.05) is 0 Å². The van der Waals surface area contributed by atoms with E-state index in [9.17, 15) is 23.1 Å². The van der Waals surface area contributed by atoms with E-state index in [1.165, 1.54) is 17.4 Å². The Kier molecular flexibility index (Phi) is 5.64. The second-order valence-electron chi connectivity index (χ2n) is 8.46. The summed E-state index contributed by atoms with van der Waals surface area (Å²) in [5.41, 5.74) is 0.261. The molecule has 10 heteroatoms. The fourth-order valence-corrected chi connectivity index (χ4v) is 5.13. The number of fused-ring (bicyclic) bond motifs is 1. The molecule has 0 saturated carbocycles. The lowest BCUT2D eigenvalue weighted by Crippen LogP contribution is -2.48. The van der Waals surface area contributed by atoms with Gasteiger partial charge in [-0.2, -0.15) is 13.2 Å². The van der Waals surface area contributed by atoms with Gasteiger partial charge in [-0.3, -0.25) is 9.69 Å². The van der Waals surface area contributed by atoms with Gasteiger partial charge in [-0.05, 0) is 35.9 Å². The lowest BCUT2D eigenvalue weighted by Gasteiger charge is -2.37. The third-order valence-corrected chi connectivity index (χ3v) is 7.13. The van der Waals surface area contributed by atoms with Gasteiger partial charge in [0.25, 0.3) is 5.91 Å². The Bertz CT molecular complexity index is 1170. The number of rotatable bonds is 4. The fourth-order valence-electron chi connectivity index (χ4n) is 4.08. The Balaban J connectivity index is 1.18. The van der Waals surface area contributed by atoms with Crippen molar-refractivity contribution in [2.45, 2.75) is 18.3 Å². The average molecular weight is 478 g/mol. The molecule has 2 aliphatic rings. The van der Waals surface area contributed by atoms with Crippen LogP contribution in [0, 0.1) is 0 Å². The van der Waals surface area contributed by atoms with E-state index in [0.29, 0.717) is 48.5 Å². The molecule has 0 spiro atoms. The number of benzene rings is 2. The first kappa shape index (κ1) is 22.3. The third-order valence-electron chi connectivity index (χ3n) is 6.13. The summed E-state index contributed by atoms with van der Waals surface area (Å²) in [6, 6.07) is 10.6. The molecule has 3 aromatic rings. The first-order valence-electron chi connectivity index (χ1n) is 10.6. The van der Waals surface area contributed by atoms with Gasteiger partial charge in [0.15, 0.2) is 0 Å². The van der Waals surface area contributed by atoms with Crippen LogP contribution >= 0.6 is 11.3 Å². The van der Waals surface area contributed by atoms with Crippen LogP contribution < -0.4 is 0 Å². The number of ether oxygens (including phenoxy) is 1. The van der Waals surface area contributed by atoms with Crippen LogP contribution in [-0.2, 0) is 23.1 Å². The molecule has 2 aliphatic heterocycles. The van der Waals surface area contributed by atoms with Crippen LogP contribution in [0.5, 0.6) is 0 Å². The van der Waals surface area contributed by atoms with Crippen molar-refractivity contribution in [1.82, 2.24) is 14.8 Å². The van der Waals surface area contributed by atoms with E-state index >= 15 is 0 Å². The first-order valence-corrected chi connectivity index (χ1v) is 11.4. The van der Waals surface area contributed by atoms with Crippen LogP contribution in [0.15, 0.2) is 42.5 Å². The molecule has 33 heavy (non-hydrogen) atoms. The maximum Gasteiger partial charge on any atom is 0.416 e. The largest absolute Gasteiger partial charge is 0.416 e. The minimum absolute atomic E-state index is 0.0577. The highest BCUT2D eigenvalue weighted by Crippen LogP contribution is 2.33. The molecule has 0 aliphatic carbocycles. The minimum atomic E-state index is -4.37. The van der Waals surface area contributed by atoms with Gasteiger partial charge in [-0.25, -0.2) is 4.98 Å². The van der Waals surface area contributed by atoms with Gasteiger partial charge < -0.3 is 14.7 Å². The average Bonchev–Trinajstić information content (AvgIpc) is 3.18. The maximum absolute atomic E-state index is 12.9. The number of aromatic nitrogens is 1. The van der Waals surface area contributed by atoms with Crippen molar-refractivity contribution in [3.63, 3.8) is 0 Å². The highest BCUT2D eigenvalue weighted by molar-refractivity contribution is 7.18. The van der Waals surface area contributed by atoms with Gasteiger partial charge in [-0.15, -0.1) is 11.3 Å². The molecule has 1 amide bonds. The van der Waals surface area contributed by atoms with E-state index in [2.05, 4.69) is 9.88 Å². The predicted octanol–water partition coefficient (Wildman–Crippen LogP) is 3.49. The number of carbonyl (C=O) groups is 1. The molecule has 6 nitrogen and oxygen atoms in total. The summed E-state index contributed by atoms with van der Waals surface area (Å²) in [5, 5.41) is 11.1. The number of hydrogen-bond acceptors (Lipinski definition) is 6. The van der Waals surface area contributed by atoms with Gasteiger partial charge in [0.05, 0.1) is 35.5 Å². The van der Waals surface area contributed by atoms with Crippen molar-refractivity contribution < 1.29 is 27.8 Å². The monoisotopic (exact) mass is 477 g/mol. The SMILES string of the molecule is O=C(c1ccc(C2(O)COC2)cc1)N1CCN(Cc2nc3ccc(C(F)(F)F)cc3s2)CC1. The van der Waals surface area contributed by atoms with Crippen LogP contribution in [0.1, 0.15) is 26.5 Å². The molecule has 0 atom stereocenters. The second kappa shape index (κ2) is 8.35.